The Morgan fingerprint density at radius 1 is 1.22 bits per heavy atom. The second-order valence-electron chi connectivity index (χ2n) is 5.72. The Balaban J connectivity index is 2.55. The van der Waals surface area contributed by atoms with Gasteiger partial charge in [-0.1, -0.05) is 26.3 Å². The van der Waals surface area contributed by atoms with Crippen molar-refractivity contribution in [3.63, 3.8) is 0 Å². The van der Waals surface area contributed by atoms with Gasteiger partial charge >= 0.3 is 12.2 Å². The minimum atomic E-state index is -4.53. The number of rotatable bonds is 7. The maximum Gasteiger partial charge on any atom is 0.416 e. The lowest BCUT2D eigenvalue weighted by Gasteiger charge is -2.22. The van der Waals surface area contributed by atoms with Gasteiger partial charge in [-0.15, -0.1) is 0 Å². The van der Waals surface area contributed by atoms with Crippen LogP contribution in [0.3, 0.4) is 0 Å². The quantitative estimate of drug-likeness (QED) is 0.524. The van der Waals surface area contributed by atoms with Gasteiger partial charge in [0.05, 0.1) is 5.56 Å². The van der Waals surface area contributed by atoms with E-state index in [1.165, 1.54) is 6.07 Å². The monoisotopic (exact) mass is 390 g/mol. The van der Waals surface area contributed by atoms with Crippen LogP contribution in [0.5, 0.6) is 5.75 Å². The van der Waals surface area contributed by atoms with Gasteiger partial charge in [-0.25, -0.2) is 4.79 Å². The molecule has 0 aliphatic heterocycles. The Morgan fingerprint density at radius 3 is 2.44 bits per heavy atom. The Kier molecular flexibility index (Phi) is 7.88. The van der Waals surface area contributed by atoms with Crippen LogP contribution in [0.2, 0.25) is 0 Å². The number of nitrogens with one attached hydrogen (secondary N) is 3. The van der Waals surface area contributed by atoms with Gasteiger partial charge in [0.2, 0.25) is 0 Å². The van der Waals surface area contributed by atoms with Crippen LogP contribution in [-0.2, 0) is 15.8 Å². The molecule has 0 saturated heterocycles. The fourth-order valence-electron chi connectivity index (χ4n) is 2.01. The van der Waals surface area contributed by atoms with Gasteiger partial charge in [-0.3, -0.25) is 20.4 Å². The van der Waals surface area contributed by atoms with Crippen LogP contribution < -0.4 is 26.6 Å². The van der Waals surface area contributed by atoms with Crippen molar-refractivity contribution >= 4 is 17.8 Å². The van der Waals surface area contributed by atoms with E-state index in [2.05, 4.69) is 16.2 Å². The molecule has 0 aliphatic rings. The molecule has 0 aliphatic carbocycles. The summed E-state index contributed by atoms with van der Waals surface area (Å²) in [4.78, 5) is 34.7. The number of nitrogens with two attached hydrogens (primary N) is 1. The number of urea groups is 1. The molecular formula is C16H21F3N4O4. The zero-order valence-electron chi connectivity index (χ0n) is 14.7. The van der Waals surface area contributed by atoms with Crippen LogP contribution in [0.1, 0.15) is 25.8 Å². The lowest BCUT2D eigenvalue weighted by molar-refractivity contribution is -0.137. The first-order chi connectivity index (χ1) is 12.5. The van der Waals surface area contributed by atoms with Gasteiger partial charge in [0.1, 0.15) is 11.8 Å². The van der Waals surface area contributed by atoms with Crippen molar-refractivity contribution in [3.8, 4) is 5.75 Å². The molecule has 8 nitrogen and oxygen atoms in total. The molecule has 0 saturated carbocycles. The maximum atomic E-state index is 12.6. The van der Waals surface area contributed by atoms with Crippen LogP contribution in [0.15, 0.2) is 24.3 Å². The van der Waals surface area contributed by atoms with Crippen LogP contribution in [-0.4, -0.2) is 30.5 Å². The number of carbonyl (C=O) groups excluding carboxylic acids is 3. The summed E-state index contributed by atoms with van der Waals surface area (Å²) in [7, 11) is 0. The van der Waals surface area contributed by atoms with E-state index in [1.807, 2.05) is 0 Å². The Morgan fingerprint density at radius 2 is 1.89 bits per heavy atom. The number of benzene rings is 1. The number of primary amides is 1. The highest BCUT2D eigenvalue weighted by Crippen LogP contribution is 2.31. The molecule has 4 amide bonds. The molecule has 1 rings (SSSR count). The van der Waals surface area contributed by atoms with E-state index in [0.717, 1.165) is 18.2 Å². The van der Waals surface area contributed by atoms with Crippen molar-refractivity contribution < 1.29 is 32.3 Å². The van der Waals surface area contributed by atoms with Crippen molar-refractivity contribution in [2.45, 2.75) is 32.5 Å². The standard InChI is InChI=1S/C16H21F3N4O4/c1-3-9(2)13(21-15(20)26)14(25)23-22-12(24)8-27-11-6-4-5-10(7-11)16(17,18)19/h4-7,9,13H,3,8H2,1-2H3,(H,22,24)(H,23,25)(H3,20,21,26)/t9-,13-/m0/s1. The van der Waals surface area contributed by atoms with Crippen molar-refractivity contribution in [1.29, 1.82) is 0 Å². The highest BCUT2D eigenvalue weighted by Gasteiger charge is 2.30. The number of hydrazine groups is 1. The third-order valence-electron chi connectivity index (χ3n) is 3.65. The molecule has 0 radical (unpaired) electrons. The summed E-state index contributed by atoms with van der Waals surface area (Å²) in [6.45, 7) is 2.88. The van der Waals surface area contributed by atoms with E-state index >= 15 is 0 Å². The molecule has 150 valence electrons. The topological polar surface area (TPSA) is 123 Å². The molecule has 1 aromatic carbocycles. The first-order valence-electron chi connectivity index (χ1n) is 7.99. The van der Waals surface area contributed by atoms with Crippen molar-refractivity contribution in [2.75, 3.05) is 6.61 Å². The summed E-state index contributed by atoms with van der Waals surface area (Å²) >= 11 is 0. The van der Waals surface area contributed by atoms with E-state index in [-0.39, 0.29) is 11.7 Å². The molecule has 0 fully saturated rings. The second kappa shape index (κ2) is 9.64. The molecule has 27 heavy (non-hydrogen) atoms. The van der Waals surface area contributed by atoms with Gasteiger partial charge in [-0.05, 0) is 24.1 Å². The zero-order valence-corrected chi connectivity index (χ0v) is 14.7. The van der Waals surface area contributed by atoms with E-state index < -0.39 is 42.2 Å². The largest absolute Gasteiger partial charge is 0.484 e. The van der Waals surface area contributed by atoms with E-state index in [0.29, 0.717) is 6.42 Å². The summed E-state index contributed by atoms with van der Waals surface area (Å²) in [6, 6.07) is 2.17. The summed E-state index contributed by atoms with van der Waals surface area (Å²) in [5.41, 5.74) is 8.26. The Hall–Kier alpha value is -2.98. The summed E-state index contributed by atoms with van der Waals surface area (Å²) in [6.07, 6.45) is -3.97. The molecule has 0 unspecified atom stereocenters. The minimum absolute atomic E-state index is 0.154. The number of halogens is 3. The van der Waals surface area contributed by atoms with E-state index in [4.69, 9.17) is 10.5 Å². The van der Waals surface area contributed by atoms with Crippen LogP contribution >= 0.6 is 0 Å². The summed E-state index contributed by atoms with van der Waals surface area (Å²) < 4.78 is 42.8. The number of hydrogen-bond acceptors (Lipinski definition) is 4. The molecular weight excluding hydrogens is 369 g/mol. The Labute approximate surface area is 153 Å². The van der Waals surface area contributed by atoms with Gasteiger partial charge in [0, 0.05) is 0 Å². The van der Waals surface area contributed by atoms with Crippen LogP contribution in [0.25, 0.3) is 0 Å². The smallest absolute Gasteiger partial charge is 0.416 e. The maximum absolute atomic E-state index is 12.6. The fourth-order valence-corrected chi connectivity index (χ4v) is 2.01. The third-order valence-corrected chi connectivity index (χ3v) is 3.65. The lowest BCUT2D eigenvalue weighted by atomic mass is 9.99. The number of carbonyl (C=O) groups is 3. The van der Waals surface area contributed by atoms with Gasteiger partial charge in [0.15, 0.2) is 6.61 Å². The van der Waals surface area contributed by atoms with Gasteiger partial charge < -0.3 is 15.8 Å². The summed E-state index contributed by atoms with van der Waals surface area (Å²) in [5, 5.41) is 2.27. The predicted molar refractivity (Wildman–Crippen MR) is 89.2 cm³/mol. The fraction of sp³-hybridized carbons (Fsp3) is 0.438. The number of ether oxygens (including phenoxy) is 1. The number of alkyl halides is 3. The molecule has 5 N–H and O–H groups in total. The molecule has 2 atom stereocenters. The molecule has 1 aromatic rings. The molecule has 11 heteroatoms. The van der Waals surface area contributed by atoms with E-state index in [9.17, 15) is 27.6 Å². The van der Waals surface area contributed by atoms with Crippen LogP contribution in [0, 0.1) is 5.92 Å². The highest BCUT2D eigenvalue weighted by molar-refractivity contribution is 5.88. The van der Waals surface area contributed by atoms with Crippen LogP contribution in [0.4, 0.5) is 18.0 Å². The van der Waals surface area contributed by atoms with E-state index in [1.54, 1.807) is 13.8 Å². The summed E-state index contributed by atoms with van der Waals surface area (Å²) in [5.74, 6) is -1.91. The minimum Gasteiger partial charge on any atom is -0.484 e. The second-order valence-corrected chi connectivity index (χ2v) is 5.72. The average molecular weight is 390 g/mol. The number of amides is 4. The first-order valence-corrected chi connectivity index (χ1v) is 7.99. The lowest BCUT2D eigenvalue weighted by Crippen LogP contribution is -2.56. The van der Waals surface area contributed by atoms with Crippen molar-refractivity contribution in [2.24, 2.45) is 11.7 Å². The zero-order chi connectivity index (χ0) is 20.6. The highest BCUT2D eigenvalue weighted by atomic mass is 19.4. The Bertz CT molecular complexity index is 682. The molecule has 0 aromatic heterocycles. The third kappa shape index (κ3) is 7.42. The molecule has 0 spiro atoms. The van der Waals surface area contributed by atoms with Crippen molar-refractivity contribution in [1.82, 2.24) is 16.2 Å². The molecule has 0 heterocycles. The average Bonchev–Trinajstić information content (AvgIpc) is 2.61. The predicted octanol–water partition coefficient (Wildman–Crippen LogP) is 1.31. The normalized spacial score (nSPS) is 13.2. The number of hydrogen-bond donors (Lipinski definition) is 4. The SMILES string of the molecule is CC[C@H](C)[C@H](NC(N)=O)C(=O)NNC(=O)COc1cccc(C(F)(F)F)c1. The van der Waals surface area contributed by atoms with Gasteiger partial charge in [-0.2, -0.15) is 13.2 Å². The molecule has 0 bridgehead atoms. The van der Waals surface area contributed by atoms with Crippen molar-refractivity contribution in [3.05, 3.63) is 29.8 Å². The van der Waals surface area contributed by atoms with Gasteiger partial charge in [0.25, 0.3) is 11.8 Å². The first kappa shape index (κ1) is 22.1.